The van der Waals surface area contributed by atoms with Crippen LogP contribution >= 0.6 is 23.1 Å². The van der Waals surface area contributed by atoms with Crippen LogP contribution in [0.5, 0.6) is 0 Å². The van der Waals surface area contributed by atoms with Gasteiger partial charge in [-0.2, -0.15) is 8.78 Å². The van der Waals surface area contributed by atoms with Gasteiger partial charge in [0, 0.05) is 21.9 Å². The highest BCUT2D eigenvalue weighted by atomic mass is 32.2. The van der Waals surface area contributed by atoms with Crippen molar-refractivity contribution in [3.8, 4) is 0 Å². The number of nitrogens with zero attached hydrogens (tertiary/aromatic N) is 1. The van der Waals surface area contributed by atoms with Crippen molar-refractivity contribution in [3.63, 3.8) is 0 Å². The normalized spacial score (nSPS) is 16.3. The Labute approximate surface area is 154 Å². The van der Waals surface area contributed by atoms with E-state index in [1.807, 2.05) is 6.07 Å². The van der Waals surface area contributed by atoms with E-state index in [2.05, 4.69) is 21.7 Å². The molecule has 3 nitrogen and oxygen atoms in total. The van der Waals surface area contributed by atoms with Crippen LogP contribution in [0, 0.1) is 0 Å². The van der Waals surface area contributed by atoms with Crippen LogP contribution in [0.15, 0.2) is 46.7 Å². The number of thioether (sulfide) groups is 1. The van der Waals surface area contributed by atoms with Crippen LogP contribution in [0.1, 0.15) is 34.1 Å². The molecular weight excluding hydrogens is 362 g/mol. The van der Waals surface area contributed by atoms with Gasteiger partial charge in [-0.05, 0) is 61.6 Å². The van der Waals surface area contributed by atoms with Crippen LogP contribution in [0.4, 0.5) is 8.78 Å². The molecule has 1 saturated heterocycles. The first-order valence-corrected chi connectivity index (χ1v) is 10.00. The number of carbonyl (C=O) groups is 1. The molecule has 0 spiro atoms. The molecule has 0 saturated carbocycles. The lowest BCUT2D eigenvalue weighted by Gasteiger charge is -2.26. The summed E-state index contributed by atoms with van der Waals surface area (Å²) >= 11 is 2.19. The van der Waals surface area contributed by atoms with Crippen LogP contribution < -0.4 is 5.32 Å². The van der Waals surface area contributed by atoms with Gasteiger partial charge in [0.25, 0.3) is 11.7 Å². The van der Waals surface area contributed by atoms with Crippen molar-refractivity contribution in [1.29, 1.82) is 0 Å². The molecule has 25 heavy (non-hydrogen) atoms. The molecule has 3 rings (SSSR count). The van der Waals surface area contributed by atoms with Crippen LogP contribution in [0.25, 0.3) is 0 Å². The molecule has 2 heterocycles. The van der Waals surface area contributed by atoms with Gasteiger partial charge in [-0.15, -0.1) is 11.3 Å². The Morgan fingerprint density at radius 2 is 1.92 bits per heavy atom. The molecule has 0 radical (unpaired) electrons. The highest BCUT2D eigenvalue weighted by Crippen LogP contribution is 2.28. The maximum Gasteiger partial charge on any atom is 0.288 e. The van der Waals surface area contributed by atoms with E-state index < -0.39 is 5.76 Å². The van der Waals surface area contributed by atoms with Gasteiger partial charge in [0.15, 0.2) is 0 Å². The number of thiophene rings is 1. The molecule has 1 fully saturated rings. The Morgan fingerprint density at radius 3 is 2.52 bits per heavy atom. The van der Waals surface area contributed by atoms with Gasteiger partial charge in [0.1, 0.15) is 0 Å². The molecule has 1 aliphatic rings. The zero-order valence-electron chi connectivity index (χ0n) is 13.7. The summed E-state index contributed by atoms with van der Waals surface area (Å²) in [6, 6.07) is 10.6. The van der Waals surface area contributed by atoms with Crippen LogP contribution in [0.2, 0.25) is 0 Å². The molecule has 0 aliphatic carbocycles. The Morgan fingerprint density at radius 1 is 1.20 bits per heavy atom. The molecule has 1 atom stereocenters. The second-order valence-electron chi connectivity index (χ2n) is 5.89. The summed E-state index contributed by atoms with van der Waals surface area (Å²) in [5.74, 6) is -2.62. The maximum absolute atomic E-state index is 12.4. The van der Waals surface area contributed by atoms with Crippen molar-refractivity contribution in [2.45, 2.75) is 29.5 Å². The molecule has 1 aromatic carbocycles. The van der Waals surface area contributed by atoms with Gasteiger partial charge in [0.2, 0.25) is 0 Å². The van der Waals surface area contributed by atoms with E-state index >= 15 is 0 Å². The Bertz CT molecular complexity index is 671. The smallest absolute Gasteiger partial charge is 0.288 e. The quantitative estimate of drug-likeness (QED) is 0.709. The van der Waals surface area contributed by atoms with E-state index in [9.17, 15) is 13.6 Å². The molecule has 1 aliphatic heterocycles. The number of hydrogen-bond acceptors (Lipinski definition) is 4. The number of nitrogens with one attached hydrogen (secondary N) is 1. The summed E-state index contributed by atoms with van der Waals surface area (Å²) < 4.78 is 24.7. The number of halogens is 2. The van der Waals surface area contributed by atoms with Crippen LogP contribution in [0.3, 0.4) is 0 Å². The number of alkyl halides is 2. The predicted molar refractivity (Wildman–Crippen MR) is 98.5 cm³/mol. The third kappa shape index (κ3) is 5.03. The van der Waals surface area contributed by atoms with Gasteiger partial charge in [-0.25, -0.2) is 0 Å². The van der Waals surface area contributed by atoms with Crippen molar-refractivity contribution >= 4 is 29.0 Å². The molecule has 7 heteroatoms. The third-order valence-corrected chi connectivity index (χ3v) is 5.95. The first-order chi connectivity index (χ1) is 12.1. The van der Waals surface area contributed by atoms with Gasteiger partial charge < -0.3 is 5.32 Å². The highest BCUT2D eigenvalue weighted by molar-refractivity contribution is 7.99. The van der Waals surface area contributed by atoms with Gasteiger partial charge in [0.05, 0.1) is 6.04 Å². The summed E-state index contributed by atoms with van der Waals surface area (Å²) in [7, 11) is 0. The van der Waals surface area contributed by atoms with Crippen molar-refractivity contribution in [1.82, 2.24) is 10.2 Å². The first-order valence-electron chi connectivity index (χ1n) is 8.24. The third-order valence-electron chi connectivity index (χ3n) is 4.25. The molecule has 1 unspecified atom stereocenters. The second-order valence-corrected chi connectivity index (χ2v) is 7.93. The minimum absolute atomic E-state index is 0.172. The van der Waals surface area contributed by atoms with Crippen LogP contribution in [-0.4, -0.2) is 36.2 Å². The maximum atomic E-state index is 12.4. The zero-order chi connectivity index (χ0) is 17.6. The minimum atomic E-state index is -2.45. The molecular formula is C18H20F2N2OS2. The molecule has 1 aromatic heterocycles. The van der Waals surface area contributed by atoms with E-state index in [-0.39, 0.29) is 11.9 Å². The average molecular weight is 383 g/mol. The summed E-state index contributed by atoms with van der Waals surface area (Å²) in [5.41, 5.74) is 0.491. The Balaban J connectivity index is 1.61. The second kappa shape index (κ2) is 8.78. The van der Waals surface area contributed by atoms with Crippen molar-refractivity contribution in [2.24, 2.45) is 0 Å². The summed E-state index contributed by atoms with van der Waals surface area (Å²) in [6.07, 6.45) is 2.39. The number of hydrogen-bond donors (Lipinski definition) is 1. The topological polar surface area (TPSA) is 32.3 Å². The van der Waals surface area contributed by atoms with Crippen molar-refractivity contribution in [2.75, 3.05) is 19.6 Å². The standard InChI is InChI=1S/C18H20F2N2OS2/c19-18(20)25-14-7-5-13(6-8-14)17(23)21-12-15(16-4-3-11-24-16)22-9-1-2-10-22/h3-8,11,15,18H,1-2,9-10,12H2,(H,21,23). The first kappa shape index (κ1) is 18.4. The minimum Gasteiger partial charge on any atom is -0.350 e. The lowest BCUT2D eigenvalue weighted by Crippen LogP contribution is -2.36. The Hall–Kier alpha value is -1.44. The van der Waals surface area contributed by atoms with Gasteiger partial charge in [-0.3, -0.25) is 9.69 Å². The van der Waals surface area contributed by atoms with Crippen molar-refractivity contribution < 1.29 is 13.6 Å². The fourth-order valence-electron chi connectivity index (χ4n) is 3.02. The molecule has 0 bridgehead atoms. The molecule has 134 valence electrons. The molecule has 2 aromatic rings. The number of carbonyl (C=O) groups excluding carboxylic acids is 1. The zero-order valence-corrected chi connectivity index (χ0v) is 15.3. The fraction of sp³-hybridized carbons (Fsp3) is 0.389. The summed E-state index contributed by atoms with van der Waals surface area (Å²) in [5, 5.41) is 5.05. The van der Waals surface area contributed by atoms with Crippen molar-refractivity contribution in [3.05, 3.63) is 52.2 Å². The van der Waals surface area contributed by atoms with E-state index in [0.717, 1.165) is 13.1 Å². The lowest BCUT2D eigenvalue weighted by molar-refractivity contribution is 0.0938. The highest BCUT2D eigenvalue weighted by Gasteiger charge is 2.24. The Kier molecular flexibility index (Phi) is 6.45. The lowest BCUT2D eigenvalue weighted by atomic mass is 10.2. The fourth-order valence-corrected chi connectivity index (χ4v) is 4.38. The number of rotatable bonds is 7. The molecule has 1 N–H and O–H groups in total. The number of amides is 1. The largest absolute Gasteiger partial charge is 0.350 e. The van der Waals surface area contributed by atoms with E-state index in [0.29, 0.717) is 28.8 Å². The summed E-state index contributed by atoms with van der Waals surface area (Å²) in [4.78, 5) is 16.5. The van der Waals surface area contributed by atoms with E-state index in [1.54, 1.807) is 35.6 Å². The van der Waals surface area contributed by atoms with Crippen LogP contribution in [-0.2, 0) is 0 Å². The number of likely N-dealkylation sites (tertiary alicyclic amines) is 1. The molecule has 1 amide bonds. The summed E-state index contributed by atoms with van der Waals surface area (Å²) in [6.45, 7) is 2.66. The van der Waals surface area contributed by atoms with E-state index in [1.165, 1.54) is 17.7 Å². The SMILES string of the molecule is O=C(NCC(c1cccs1)N1CCCC1)c1ccc(SC(F)F)cc1. The number of benzene rings is 1. The average Bonchev–Trinajstić information content (AvgIpc) is 3.29. The van der Waals surface area contributed by atoms with Gasteiger partial charge in [-0.1, -0.05) is 17.8 Å². The van der Waals surface area contributed by atoms with Gasteiger partial charge >= 0.3 is 0 Å². The monoisotopic (exact) mass is 382 g/mol. The predicted octanol–water partition coefficient (Wildman–Crippen LogP) is 4.63. The van der Waals surface area contributed by atoms with E-state index in [4.69, 9.17) is 0 Å².